The third-order valence-corrected chi connectivity index (χ3v) is 4.29. The molecule has 0 spiro atoms. The monoisotopic (exact) mass is 341 g/mol. The average Bonchev–Trinajstić information content (AvgIpc) is 2.69. The number of anilines is 2. The van der Waals surface area contributed by atoms with Gasteiger partial charge < -0.3 is 10.2 Å². The Morgan fingerprint density at radius 1 is 0.808 bits per heavy atom. The largest absolute Gasteiger partial charge is 0.384 e. The van der Waals surface area contributed by atoms with E-state index in [1.54, 1.807) is 0 Å². The van der Waals surface area contributed by atoms with Gasteiger partial charge in [0, 0.05) is 19.6 Å². The van der Waals surface area contributed by atoms with Gasteiger partial charge in [0.1, 0.15) is 6.07 Å². The fraction of sp³-hybridized carbons (Fsp3) is 0.174. The minimum absolute atomic E-state index is 0.696. The molecule has 0 aliphatic heterocycles. The topological polar surface area (TPSA) is 39.1 Å². The van der Waals surface area contributed by atoms with Crippen molar-refractivity contribution in [3.8, 4) is 6.07 Å². The zero-order valence-corrected chi connectivity index (χ0v) is 15.0. The Balaban J connectivity index is 2.00. The molecule has 3 nitrogen and oxygen atoms in total. The SMILES string of the molecule is CCNc1cccc(N(Cc2ccccc2)Cc2ccccc2)c1C#N. The minimum atomic E-state index is 0.696. The first-order valence-electron chi connectivity index (χ1n) is 8.91. The van der Waals surface area contributed by atoms with Crippen LogP contribution in [0.3, 0.4) is 0 Å². The van der Waals surface area contributed by atoms with Crippen LogP contribution in [0.25, 0.3) is 0 Å². The Morgan fingerprint density at radius 3 is 1.88 bits per heavy atom. The molecule has 3 aromatic carbocycles. The summed E-state index contributed by atoms with van der Waals surface area (Å²) in [5.41, 5.74) is 4.99. The van der Waals surface area contributed by atoms with Crippen LogP contribution in [0, 0.1) is 11.3 Å². The lowest BCUT2D eigenvalue weighted by Crippen LogP contribution is -2.23. The van der Waals surface area contributed by atoms with E-state index in [4.69, 9.17) is 0 Å². The molecule has 0 aliphatic rings. The van der Waals surface area contributed by atoms with Crippen LogP contribution in [-0.2, 0) is 13.1 Å². The van der Waals surface area contributed by atoms with Gasteiger partial charge in [0.05, 0.1) is 16.9 Å². The van der Waals surface area contributed by atoms with Crippen LogP contribution in [0.4, 0.5) is 11.4 Å². The highest BCUT2D eigenvalue weighted by atomic mass is 15.1. The summed E-state index contributed by atoms with van der Waals surface area (Å²) < 4.78 is 0. The number of hydrogen-bond donors (Lipinski definition) is 1. The molecule has 130 valence electrons. The highest BCUT2D eigenvalue weighted by molar-refractivity contribution is 5.72. The van der Waals surface area contributed by atoms with Gasteiger partial charge in [-0.1, -0.05) is 66.7 Å². The van der Waals surface area contributed by atoms with Crippen molar-refractivity contribution in [2.45, 2.75) is 20.0 Å². The molecule has 0 unspecified atom stereocenters. The van der Waals surface area contributed by atoms with Gasteiger partial charge in [0.25, 0.3) is 0 Å². The predicted octanol–water partition coefficient (Wildman–Crippen LogP) is 5.20. The van der Waals surface area contributed by atoms with Crippen LogP contribution >= 0.6 is 0 Å². The van der Waals surface area contributed by atoms with E-state index < -0.39 is 0 Å². The van der Waals surface area contributed by atoms with E-state index in [1.807, 2.05) is 37.3 Å². The summed E-state index contributed by atoms with van der Waals surface area (Å²) in [5.74, 6) is 0. The van der Waals surface area contributed by atoms with Gasteiger partial charge in [-0.15, -0.1) is 0 Å². The van der Waals surface area contributed by atoms with E-state index in [0.29, 0.717) is 5.56 Å². The molecule has 0 bridgehead atoms. The first kappa shape index (κ1) is 17.6. The summed E-state index contributed by atoms with van der Waals surface area (Å²) in [6, 6.07) is 29.2. The van der Waals surface area contributed by atoms with Crippen LogP contribution in [0.1, 0.15) is 23.6 Å². The van der Waals surface area contributed by atoms with Crippen molar-refractivity contribution < 1.29 is 0 Å². The smallest absolute Gasteiger partial charge is 0.104 e. The maximum atomic E-state index is 9.79. The number of nitrogens with zero attached hydrogens (tertiary/aromatic N) is 2. The summed E-state index contributed by atoms with van der Waals surface area (Å²) in [6.45, 7) is 4.33. The maximum Gasteiger partial charge on any atom is 0.104 e. The molecule has 0 saturated heterocycles. The Kier molecular flexibility index (Phi) is 5.90. The van der Waals surface area contributed by atoms with E-state index in [-0.39, 0.29) is 0 Å². The number of nitrogens with one attached hydrogen (secondary N) is 1. The van der Waals surface area contributed by atoms with E-state index in [0.717, 1.165) is 31.0 Å². The molecule has 26 heavy (non-hydrogen) atoms. The van der Waals surface area contributed by atoms with Gasteiger partial charge in [0.2, 0.25) is 0 Å². The molecule has 1 N–H and O–H groups in total. The predicted molar refractivity (Wildman–Crippen MR) is 108 cm³/mol. The van der Waals surface area contributed by atoms with Gasteiger partial charge in [-0.05, 0) is 30.2 Å². The lowest BCUT2D eigenvalue weighted by molar-refractivity contribution is 0.798. The van der Waals surface area contributed by atoms with Gasteiger partial charge in [-0.3, -0.25) is 0 Å². The number of nitriles is 1. The van der Waals surface area contributed by atoms with Gasteiger partial charge in [0.15, 0.2) is 0 Å². The Labute approximate surface area is 155 Å². The van der Waals surface area contributed by atoms with Gasteiger partial charge >= 0.3 is 0 Å². The van der Waals surface area contributed by atoms with E-state index >= 15 is 0 Å². The molecule has 0 amide bonds. The van der Waals surface area contributed by atoms with Crippen molar-refractivity contribution in [2.24, 2.45) is 0 Å². The molecule has 0 atom stereocenters. The summed E-state index contributed by atoms with van der Waals surface area (Å²) in [7, 11) is 0. The van der Waals surface area contributed by atoms with Crippen LogP contribution in [-0.4, -0.2) is 6.54 Å². The fourth-order valence-corrected chi connectivity index (χ4v) is 3.09. The average molecular weight is 341 g/mol. The fourth-order valence-electron chi connectivity index (χ4n) is 3.09. The third-order valence-electron chi connectivity index (χ3n) is 4.29. The molecule has 0 fully saturated rings. The second-order valence-electron chi connectivity index (χ2n) is 6.17. The van der Waals surface area contributed by atoms with Crippen molar-refractivity contribution in [3.05, 3.63) is 95.6 Å². The quantitative estimate of drug-likeness (QED) is 0.642. The van der Waals surface area contributed by atoms with E-state index in [9.17, 15) is 5.26 Å². The van der Waals surface area contributed by atoms with Gasteiger partial charge in [-0.2, -0.15) is 5.26 Å². The zero-order valence-electron chi connectivity index (χ0n) is 15.0. The van der Waals surface area contributed by atoms with Crippen LogP contribution in [0.2, 0.25) is 0 Å². The van der Waals surface area contributed by atoms with Crippen LogP contribution in [0.5, 0.6) is 0 Å². The first-order chi connectivity index (χ1) is 12.8. The molecular formula is C23H23N3. The first-order valence-corrected chi connectivity index (χ1v) is 8.91. The zero-order chi connectivity index (χ0) is 18.2. The standard InChI is InChI=1S/C23H23N3/c1-2-25-22-14-9-15-23(21(22)16-24)26(17-19-10-5-3-6-11-19)18-20-12-7-4-8-13-20/h3-15,25H,2,17-18H2,1H3. The summed E-state index contributed by atoms with van der Waals surface area (Å²) >= 11 is 0. The van der Waals surface area contributed by atoms with Gasteiger partial charge in [-0.25, -0.2) is 0 Å². The number of rotatable bonds is 7. The maximum absolute atomic E-state index is 9.79. The molecule has 3 heteroatoms. The second kappa shape index (κ2) is 8.73. The third kappa shape index (κ3) is 4.23. The molecule has 0 heterocycles. The van der Waals surface area contributed by atoms with E-state index in [2.05, 4.69) is 64.8 Å². The molecular weight excluding hydrogens is 318 g/mol. The Hall–Kier alpha value is -3.25. The summed E-state index contributed by atoms with van der Waals surface area (Å²) in [6.07, 6.45) is 0. The lowest BCUT2D eigenvalue weighted by atomic mass is 10.1. The minimum Gasteiger partial charge on any atom is -0.384 e. The number of hydrogen-bond acceptors (Lipinski definition) is 3. The lowest BCUT2D eigenvalue weighted by Gasteiger charge is -2.27. The Morgan fingerprint density at radius 2 is 1.38 bits per heavy atom. The number of benzene rings is 3. The normalized spacial score (nSPS) is 10.2. The van der Waals surface area contributed by atoms with Crippen molar-refractivity contribution >= 4 is 11.4 Å². The van der Waals surface area contributed by atoms with Crippen LogP contribution in [0.15, 0.2) is 78.9 Å². The molecule has 0 aromatic heterocycles. The summed E-state index contributed by atoms with van der Waals surface area (Å²) in [4.78, 5) is 2.27. The Bertz CT molecular complexity index is 825. The molecule has 3 aromatic rings. The highest BCUT2D eigenvalue weighted by Gasteiger charge is 2.15. The summed E-state index contributed by atoms with van der Waals surface area (Å²) in [5, 5.41) is 13.1. The van der Waals surface area contributed by atoms with Crippen molar-refractivity contribution in [1.82, 2.24) is 0 Å². The van der Waals surface area contributed by atoms with Crippen LogP contribution < -0.4 is 10.2 Å². The van der Waals surface area contributed by atoms with Crippen molar-refractivity contribution in [3.63, 3.8) is 0 Å². The van der Waals surface area contributed by atoms with E-state index in [1.165, 1.54) is 11.1 Å². The van der Waals surface area contributed by atoms with Crippen molar-refractivity contribution in [2.75, 3.05) is 16.8 Å². The van der Waals surface area contributed by atoms with Crippen molar-refractivity contribution in [1.29, 1.82) is 5.26 Å². The highest BCUT2D eigenvalue weighted by Crippen LogP contribution is 2.29. The molecule has 0 saturated carbocycles. The second-order valence-corrected chi connectivity index (χ2v) is 6.17. The molecule has 0 radical (unpaired) electrons. The molecule has 3 rings (SSSR count). The molecule has 0 aliphatic carbocycles.